The molecule has 0 aliphatic carbocycles. The molecule has 0 bridgehead atoms. The second-order valence-electron chi connectivity index (χ2n) is 6.13. The largest absolute Gasteiger partial charge is 0.388 e. The maximum atomic E-state index is 12.0. The Balaban J connectivity index is 2.06. The molecule has 2 heterocycles. The summed E-state index contributed by atoms with van der Waals surface area (Å²) in [5.41, 5.74) is -0.664. The van der Waals surface area contributed by atoms with Gasteiger partial charge in [0.1, 0.15) is 18.3 Å². The summed E-state index contributed by atoms with van der Waals surface area (Å²) in [7, 11) is -3.75. The molecule has 2 saturated heterocycles. The van der Waals surface area contributed by atoms with Gasteiger partial charge in [-0.15, -0.1) is 0 Å². The van der Waals surface area contributed by atoms with Crippen LogP contribution >= 0.6 is 7.60 Å². The third-order valence-corrected chi connectivity index (χ3v) is 5.94. The van der Waals surface area contributed by atoms with Crippen molar-refractivity contribution in [3.63, 3.8) is 0 Å². The quantitative estimate of drug-likeness (QED) is 0.526. The van der Waals surface area contributed by atoms with Crippen LogP contribution in [-0.2, 0) is 18.6 Å². The molecule has 0 saturated carbocycles. The van der Waals surface area contributed by atoms with Crippen LogP contribution in [0.2, 0.25) is 0 Å². The highest BCUT2D eigenvalue weighted by Gasteiger charge is 2.47. The SMILES string of the molecule is CC(C)O[C@H]1O[C@H](CC2CCCOP2(=O)O)[C@@H](O)[C@H](O)[C@@H]1O. The zero-order valence-electron chi connectivity index (χ0n) is 12.7. The monoisotopic (exact) mass is 340 g/mol. The summed E-state index contributed by atoms with van der Waals surface area (Å²) in [6, 6.07) is 0. The van der Waals surface area contributed by atoms with Gasteiger partial charge in [0.15, 0.2) is 6.29 Å². The lowest BCUT2D eigenvalue weighted by molar-refractivity contribution is -0.305. The summed E-state index contributed by atoms with van der Waals surface area (Å²) in [5.74, 6) is 0. The number of rotatable bonds is 4. The van der Waals surface area contributed by atoms with E-state index < -0.39 is 44.0 Å². The fourth-order valence-electron chi connectivity index (χ4n) is 2.79. The molecule has 4 N–H and O–H groups in total. The Labute approximate surface area is 129 Å². The van der Waals surface area contributed by atoms with Gasteiger partial charge in [-0.3, -0.25) is 4.57 Å². The van der Waals surface area contributed by atoms with E-state index in [-0.39, 0.29) is 19.1 Å². The highest BCUT2D eigenvalue weighted by Crippen LogP contribution is 2.54. The third-order valence-electron chi connectivity index (χ3n) is 4.00. The number of ether oxygens (including phenoxy) is 2. The normalized spacial score (nSPS) is 46.9. The lowest BCUT2D eigenvalue weighted by Crippen LogP contribution is -2.59. The van der Waals surface area contributed by atoms with Gasteiger partial charge in [-0.25, -0.2) is 0 Å². The van der Waals surface area contributed by atoms with E-state index in [1.54, 1.807) is 13.8 Å². The maximum Gasteiger partial charge on any atom is 0.331 e. The van der Waals surface area contributed by atoms with Gasteiger partial charge in [-0.1, -0.05) is 0 Å². The first-order chi connectivity index (χ1) is 10.2. The Morgan fingerprint density at radius 3 is 2.50 bits per heavy atom. The standard InChI is InChI=1S/C13H25O8P/c1-7(2)20-13-12(16)11(15)10(14)9(21-13)6-8-4-3-5-19-22(8,17)18/h7-16H,3-6H2,1-2H3,(H,17,18)/t8?,9-,10-,11+,12+,13+/m1/s1. The molecule has 2 fully saturated rings. The van der Waals surface area contributed by atoms with E-state index in [9.17, 15) is 24.8 Å². The van der Waals surface area contributed by atoms with Gasteiger partial charge in [-0.05, 0) is 33.1 Å². The topological polar surface area (TPSA) is 126 Å². The number of hydrogen-bond acceptors (Lipinski definition) is 7. The van der Waals surface area contributed by atoms with Crippen LogP contribution in [0, 0.1) is 0 Å². The summed E-state index contributed by atoms with van der Waals surface area (Å²) < 4.78 is 27.8. The molecular formula is C13H25O8P. The van der Waals surface area contributed by atoms with Crippen molar-refractivity contribution >= 4 is 7.60 Å². The molecule has 0 aromatic heterocycles. The van der Waals surface area contributed by atoms with E-state index >= 15 is 0 Å². The maximum absolute atomic E-state index is 12.0. The molecule has 0 aromatic rings. The summed E-state index contributed by atoms with van der Waals surface area (Å²) in [6.07, 6.45) is -5.24. The first kappa shape index (κ1) is 18.3. The summed E-state index contributed by atoms with van der Waals surface area (Å²) >= 11 is 0. The van der Waals surface area contributed by atoms with E-state index in [2.05, 4.69) is 0 Å². The van der Waals surface area contributed by atoms with Gasteiger partial charge in [-0.2, -0.15) is 0 Å². The van der Waals surface area contributed by atoms with Crippen molar-refractivity contribution in [2.24, 2.45) is 0 Å². The van der Waals surface area contributed by atoms with E-state index in [1.807, 2.05) is 0 Å². The molecule has 2 aliphatic heterocycles. The van der Waals surface area contributed by atoms with Crippen LogP contribution in [0.3, 0.4) is 0 Å². The Hall–Kier alpha value is -0.0500. The fourth-order valence-corrected chi connectivity index (χ4v) is 4.38. The van der Waals surface area contributed by atoms with Crippen LogP contribution in [0.15, 0.2) is 0 Å². The first-order valence-corrected chi connectivity index (χ1v) is 9.19. The summed E-state index contributed by atoms with van der Waals surface area (Å²) in [6.45, 7) is 3.73. The highest BCUT2D eigenvalue weighted by atomic mass is 31.2. The molecule has 0 aromatic carbocycles. The lowest BCUT2D eigenvalue weighted by atomic mass is 9.95. The summed E-state index contributed by atoms with van der Waals surface area (Å²) in [5, 5.41) is 29.9. The van der Waals surface area contributed by atoms with E-state index in [0.717, 1.165) is 0 Å². The Bertz CT molecular complexity index is 417. The van der Waals surface area contributed by atoms with Crippen molar-refractivity contribution in [2.75, 3.05) is 6.61 Å². The van der Waals surface area contributed by atoms with Crippen LogP contribution in [0.4, 0.5) is 0 Å². The Kier molecular flexibility index (Phi) is 6.01. The molecule has 7 atom stereocenters. The average Bonchev–Trinajstić information content (AvgIpc) is 2.43. The first-order valence-electron chi connectivity index (χ1n) is 7.54. The van der Waals surface area contributed by atoms with Crippen molar-refractivity contribution in [3.8, 4) is 0 Å². The molecule has 0 radical (unpaired) electrons. The highest BCUT2D eigenvalue weighted by molar-refractivity contribution is 7.53. The fraction of sp³-hybridized carbons (Fsp3) is 1.00. The van der Waals surface area contributed by atoms with Crippen molar-refractivity contribution in [3.05, 3.63) is 0 Å². The number of hydrogen-bond donors (Lipinski definition) is 4. The van der Waals surface area contributed by atoms with Crippen molar-refractivity contribution in [2.45, 2.75) is 75.6 Å². The molecule has 2 aliphatic rings. The minimum Gasteiger partial charge on any atom is -0.388 e. The zero-order valence-corrected chi connectivity index (χ0v) is 13.6. The summed E-state index contributed by atoms with van der Waals surface area (Å²) in [4.78, 5) is 9.83. The molecule has 22 heavy (non-hydrogen) atoms. The van der Waals surface area contributed by atoms with Gasteiger partial charge in [0, 0.05) is 0 Å². The molecular weight excluding hydrogens is 315 g/mol. The van der Waals surface area contributed by atoms with E-state index in [4.69, 9.17) is 14.0 Å². The average molecular weight is 340 g/mol. The smallest absolute Gasteiger partial charge is 0.331 e. The van der Waals surface area contributed by atoms with Crippen LogP contribution < -0.4 is 0 Å². The number of aliphatic hydroxyl groups is 3. The molecule has 0 amide bonds. The van der Waals surface area contributed by atoms with Crippen LogP contribution in [0.5, 0.6) is 0 Å². The molecule has 0 spiro atoms. The van der Waals surface area contributed by atoms with Gasteiger partial charge >= 0.3 is 7.60 Å². The molecule has 9 heteroatoms. The number of aliphatic hydroxyl groups excluding tert-OH is 3. The van der Waals surface area contributed by atoms with Gasteiger partial charge in [0.2, 0.25) is 0 Å². The second kappa shape index (κ2) is 7.23. The molecule has 130 valence electrons. The Morgan fingerprint density at radius 1 is 1.23 bits per heavy atom. The molecule has 2 unspecified atom stereocenters. The van der Waals surface area contributed by atoms with Crippen molar-refractivity contribution < 1.29 is 38.8 Å². The predicted octanol–water partition coefficient (Wildman–Crippen LogP) is -0.0265. The second-order valence-corrected chi connectivity index (χ2v) is 8.25. The minimum absolute atomic E-state index is 0.0523. The minimum atomic E-state index is -3.75. The van der Waals surface area contributed by atoms with E-state index in [0.29, 0.717) is 12.8 Å². The third kappa shape index (κ3) is 4.07. The molecule has 2 rings (SSSR count). The van der Waals surface area contributed by atoms with E-state index in [1.165, 1.54) is 0 Å². The Morgan fingerprint density at radius 2 is 1.91 bits per heavy atom. The van der Waals surface area contributed by atoms with Crippen molar-refractivity contribution in [1.82, 2.24) is 0 Å². The van der Waals surface area contributed by atoms with Gasteiger partial charge < -0.3 is 34.2 Å². The van der Waals surface area contributed by atoms with Crippen LogP contribution in [0.25, 0.3) is 0 Å². The zero-order chi connectivity index (χ0) is 16.5. The lowest BCUT2D eigenvalue weighted by Gasteiger charge is -2.42. The van der Waals surface area contributed by atoms with Gasteiger partial charge in [0.25, 0.3) is 0 Å². The van der Waals surface area contributed by atoms with Gasteiger partial charge in [0.05, 0.1) is 24.5 Å². The van der Waals surface area contributed by atoms with Crippen LogP contribution in [-0.4, -0.2) is 69.3 Å². The predicted molar refractivity (Wildman–Crippen MR) is 76.3 cm³/mol. The van der Waals surface area contributed by atoms with Crippen molar-refractivity contribution in [1.29, 1.82) is 0 Å². The molecule has 8 nitrogen and oxygen atoms in total. The van der Waals surface area contributed by atoms with Crippen LogP contribution in [0.1, 0.15) is 33.1 Å².